The molecule has 2 heterocycles. The van der Waals surface area contributed by atoms with Crippen molar-refractivity contribution < 1.29 is 23.9 Å². The molecule has 2 atom stereocenters. The summed E-state index contributed by atoms with van der Waals surface area (Å²) in [4.78, 5) is 36.6. The summed E-state index contributed by atoms with van der Waals surface area (Å²) in [7, 11) is 0. The van der Waals surface area contributed by atoms with Gasteiger partial charge in [0, 0.05) is 0 Å². The SMILES string of the molecule is CC(NC(=O)c1cccs1)C(=O)NNC(=O)C1COc2ccccc2O1. The third-order valence-electron chi connectivity index (χ3n) is 3.60. The van der Waals surface area contributed by atoms with Crippen molar-refractivity contribution in [1.82, 2.24) is 16.2 Å². The van der Waals surface area contributed by atoms with Gasteiger partial charge in [-0.25, -0.2) is 0 Å². The number of thiophene rings is 1. The van der Waals surface area contributed by atoms with Gasteiger partial charge in [-0.15, -0.1) is 11.3 Å². The van der Waals surface area contributed by atoms with E-state index in [0.717, 1.165) is 0 Å². The molecule has 0 saturated carbocycles. The Balaban J connectivity index is 1.47. The lowest BCUT2D eigenvalue weighted by Crippen LogP contribution is -2.55. The minimum absolute atomic E-state index is 0.0311. The van der Waals surface area contributed by atoms with Crippen LogP contribution in [0.3, 0.4) is 0 Å². The van der Waals surface area contributed by atoms with Crippen LogP contribution in [0.15, 0.2) is 41.8 Å². The van der Waals surface area contributed by atoms with Gasteiger partial charge < -0.3 is 14.8 Å². The standard InChI is InChI=1S/C17H17N3O5S/c1-10(18-17(23)14-7-4-8-26-14)15(21)19-20-16(22)13-9-24-11-5-2-3-6-12(11)25-13/h2-8,10,13H,9H2,1H3,(H,18,23)(H,19,21)(H,20,22). The molecule has 9 heteroatoms. The van der Waals surface area contributed by atoms with E-state index in [2.05, 4.69) is 16.2 Å². The van der Waals surface area contributed by atoms with Crippen LogP contribution in [0.4, 0.5) is 0 Å². The van der Waals surface area contributed by atoms with E-state index in [1.807, 2.05) is 0 Å². The number of nitrogens with one attached hydrogen (secondary N) is 3. The summed E-state index contributed by atoms with van der Waals surface area (Å²) in [5.74, 6) is -0.438. The highest BCUT2D eigenvalue weighted by Crippen LogP contribution is 2.30. The number of amides is 3. The predicted molar refractivity (Wildman–Crippen MR) is 93.9 cm³/mol. The fraction of sp³-hybridized carbons (Fsp3) is 0.235. The maximum Gasteiger partial charge on any atom is 0.283 e. The number of carbonyl (C=O) groups is 3. The average molecular weight is 375 g/mol. The van der Waals surface area contributed by atoms with Gasteiger partial charge in [-0.05, 0) is 30.5 Å². The van der Waals surface area contributed by atoms with Gasteiger partial charge in [-0.2, -0.15) is 0 Å². The topological polar surface area (TPSA) is 106 Å². The number of rotatable bonds is 4. The van der Waals surface area contributed by atoms with Crippen molar-refractivity contribution in [3.8, 4) is 11.5 Å². The average Bonchev–Trinajstić information content (AvgIpc) is 3.20. The van der Waals surface area contributed by atoms with Crippen LogP contribution in [0.25, 0.3) is 0 Å². The van der Waals surface area contributed by atoms with Crippen LogP contribution in [0, 0.1) is 0 Å². The van der Waals surface area contributed by atoms with Crippen LogP contribution < -0.4 is 25.6 Å². The first-order valence-electron chi connectivity index (χ1n) is 7.87. The molecule has 1 aromatic carbocycles. The summed E-state index contributed by atoms with van der Waals surface area (Å²) in [5.41, 5.74) is 4.55. The molecular weight excluding hydrogens is 358 g/mol. The Kier molecular flexibility index (Phi) is 5.37. The first-order chi connectivity index (χ1) is 12.5. The summed E-state index contributed by atoms with van der Waals surface area (Å²) in [5, 5.41) is 4.32. The van der Waals surface area contributed by atoms with Gasteiger partial charge in [-0.3, -0.25) is 25.2 Å². The predicted octanol–water partition coefficient (Wildman–Crippen LogP) is 0.854. The maximum absolute atomic E-state index is 12.1. The Morgan fingerprint density at radius 2 is 1.88 bits per heavy atom. The normalized spacial score (nSPS) is 16.3. The molecule has 0 bridgehead atoms. The molecule has 8 nitrogen and oxygen atoms in total. The highest BCUT2D eigenvalue weighted by Gasteiger charge is 2.28. The van der Waals surface area contributed by atoms with Crippen molar-refractivity contribution in [3.63, 3.8) is 0 Å². The van der Waals surface area contributed by atoms with Gasteiger partial charge in [0.25, 0.3) is 17.7 Å². The zero-order chi connectivity index (χ0) is 18.5. The molecular formula is C17H17N3O5S. The van der Waals surface area contributed by atoms with E-state index < -0.39 is 24.0 Å². The molecule has 136 valence electrons. The van der Waals surface area contributed by atoms with E-state index in [-0.39, 0.29) is 12.5 Å². The zero-order valence-electron chi connectivity index (χ0n) is 13.9. The summed E-state index contributed by atoms with van der Waals surface area (Å²) >= 11 is 1.27. The molecule has 1 aliphatic rings. The molecule has 1 aromatic heterocycles. The van der Waals surface area contributed by atoms with Gasteiger partial charge in [0.05, 0.1) is 4.88 Å². The molecule has 0 aliphatic carbocycles. The van der Waals surface area contributed by atoms with Gasteiger partial charge in [0.1, 0.15) is 12.6 Å². The number of hydrogen-bond donors (Lipinski definition) is 3. The third kappa shape index (κ3) is 4.12. The van der Waals surface area contributed by atoms with Crippen molar-refractivity contribution in [1.29, 1.82) is 0 Å². The first-order valence-corrected chi connectivity index (χ1v) is 8.75. The van der Waals surface area contributed by atoms with Crippen LogP contribution in [0.5, 0.6) is 11.5 Å². The molecule has 0 fully saturated rings. The van der Waals surface area contributed by atoms with E-state index in [1.165, 1.54) is 18.3 Å². The molecule has 1 aliphatic heterocycles. The van der Waals surface area contributed by atoms with Crippen LogP contribution in [-0.2, 0) is 9.59 Å². The van der Waals surface area contributed by atoms with Crippen molar-refractivity contribution >= 4 is 29.1 Å². The van der Waals surface area contributed by atoms with Gasteiger partial charge in [0.15, 0.2) is 11.5 Å². The highest BCUT2D eigenvalue weighted by atomic mass is 32.1. The molecule has 0 radical (unpaired) electrons. The fourth-order valence-electron chi connectivity index (χ4n) is 2.20. The zero-order valence-corrected chi connectivity index (χ0v) is 14.7. The second kappa shape index (κ2) is 7.87. The van der Waals surface area contributed by atoms with Gasteiger partial charge >= 0.3 is 0 Å². The van der Waals surface area contributed by atoms with Crippen LogP contribution >= 0.6 is 11.3 Å². The third-order valence-corrected chi connectivity index (χ3v) is 4.46. The lowest BCUT2D eigenvalue weighted by molar-refractivity contribution is -0.135. The number of hydrogen-bond acceptors (Lipinski definition) is 6. The molecule has 26 heavy (non-hydrogen) atoms. The molecule has 2 aromatic rings. The van der Waals surface area contributed by atoms with E-state index >= 15 is 0 Å². The summed E-state index contributed by atoms with van der Waals surface area (Å²) in [6, 6.07) is 9.57. The number of hydrazine groups is 1. The van der Waals surface area contributed by atoms with Crippen molar-refractivity contribution in [2.75, 3.05) is 6.61 Å². The lowest BCUT2D eigenvalue weighted by Gasteiger charge is -2.25. The lowest BCUT2D eigenvalue weighted by atomic mass is 10.2. The summed E-state index contributed by atoms with van der Waals surface area (Å²) in [6.07, 6.45) is -0.888. The first kappa shape index (κ1) is 17.7. The van der Waals surface area contributed by atoms with Gasteiger partial charge in [-0.1, -0.05) is 18.2 Å². The van der Waals surface area contributed by atoms with E-state index in [1.54, 1.807) is 41.8 Å². The Morgan fingerprint density at radius 1 is 1.12 bits per heavy atom. The number of fused-ring (bicyclic) bond motifs is 1. The number of benzene rings is 1. The Bertz CT molecular complexity index is 808. The Labute approximate surface area is 153 Å². The molecule has 0 saturated heterocycles. The maximum atomic E-state index is 12.1. The molecule has 3 amide bonds. The van der Waals surface area contributed by atoms with Crippen molar-refractivity contribution in [3.05, 3.63) is 46.7 Å². The highest BCUT2D eigenvalue weighted by molar-refractivity contribution is 7.12. The number of carbonyl (C=O) groups excluding carboxylic acids is 3. The minimum atomic E-state index is -0.888. The van der Waals surface area contributed by atoms with Crippen LogP contribution in [-0.4, -0.2) is 36.5 Å². The van der Waals surface area contributed by atoms with Crippen molar-refractivity contribution in [2.24, 2.45) is 0 Å². The van der Waals surface area contributed by atoms with E-state index in [0.29, 0.717) is 16.4 Å². The van der Waals surface area contributed by atoms with Crippen molar-refractivity contribution in [2.45, 2.75) is 19.1 Å². The Hall–Kier alpha value is -3.07. The second-order valence-corrected chi connectivity index (χ2v) is 6.46. The van der Waals surface area contributed by atoms with Gasteiger partial charge in [0.2, 0.25) is 6.10 Å². The monoisotopic (exact) mass is 375 g/mol. The largest absolute Gasteiger partial charge is 0.485 e. The number of ether oxygens (including phenoxy) is 2. The van der Waals surface area contributed by atoms with Crippen LogP contribution in [0.1, 0.15) is 16.6 Å². The fourth-order valence-corrected chi connectivity index (χ4v) is 2.83. The van der Waals surface area contributed by atoms with E-state index in [4.69, 9.17) is 9.47 Å². The van der Waals surface area contributed by atoms with Crippen LogP contribution in [0.2, 0.25) is 0 Å². The summed E-state index contributed by atoms with van der Waals surface area (Å²) < 4.78 is 11.0. The quantitative estimate of drug-likeness (QED) is 0.687. The summed E-state index contributed by atoms with van der Waals surface area (Å²) in [6.45, 7) is 1.55. The number of para-hydroxylation sites is 2. The molecule has 3 N–H and O–H groups in total. The Morgan fingerprint density at radius 3 is 2.62 bits per heavy atom. The van der Waals surface area contributed by atoms with E-state index in [9.17, 15) is 14.4 Å². The minimum Gasteiger partial charge on any atom is -0.485 e. The molecule has 2 unspecified atom stereocenters. The molecule has 3 rings (SSSR count). The smallest absolute Gasteiger partial charge is 0.283 e. The molecule has 0 spiro atoms. The second-order valence-electron chi connectivity index (χ2n) is 5.52.